The maximum Gasteiger partial charge on any atom is 0.255 e. The van der Waals surface area contributed by atoms with Crippen LogP contribution in [0.5, 0.6) is 0 Å². The largest absolute Gasteiger partial charge is 0.394 e. The number of benzene rings is 1. The van der Waals surface area contributed by atoms with E-state index in [0.717, 1.165) is 10.9 Å². The molecule has 3 rings (SSSR count). The normalized spacial score (nSPS) is 24.6. The van der Waals surface area contributed by atoms with Crippen LogP contribution in [0.15, 0.2) is 30.3 Å². The summed E-state index contributed by atoms with van der Waals surface area (Å²) in [5.74, 6) is -0.231. The van der Waals surface area contributed by atoms with E-state index in [1.54, 1.807) is 6.07 Å². The standard InChI is InChI=1S/C15H17N3O3/c16-13-11(5-9-3-1-2-4-12(9)17-13)14(21)18-15(8-19)6-10(20)7-15/h1-5,10,19-20H,6-8H2,(H2,16,17)(H,18,21). The van der Waals surface area contributed by atoms with Crippen LogP contribution in [0.1, 0.15) is 23.2 Å². The summed E-state index contributed by atoms with van der Waals surface area (Å²) in [6.45, 7) is -0.212. The Morgan fingerprint density at radius 1 is 1.43 bits per heavy atom. The van der Waals surface area contributed by atoms with Crippen molar-refractivity contribution in [1.29, 1.82) is 0 Å². The third kappa shape index (κ3) is 2.43. The van der Waals surface area contributed by atoms with E-state index in [0.29, 0.717) is 12.8 Å². The Labute approximate surface area is 121 Å². The number of anilines is 1. The van der Waals surface area contributed by atoms with E-state index in [2.05, 4.69) is 10.3 Å². The van der Waals surface area contributed by atoms with Gasteiger partial charge in [-0.1, -0.05) is 18.2 Å². The molecule has 0 radical (unpaired) electrons. The van der Waals surface area contributed by atoms with Crippen LogP contribution in [0.25, 0.3) is 10.9 Å². The number of fused-ring (bicyclic) bond motifs is 1. The summed E-state index contributed by atoms with van der Waals surface area (Å²) < 4.78 is 0. The van der Waals surface area contributed by atoms with Crippen LogP contribution in [0.2, 0.25) is 0 Å². The van der Waals surface area contributed by atoms with Crippen LogP contribution in [0, 0.1) is 0 Å². The predicted octanol–water partition coefficient (Wildman–Crippen LogP) is 0.433. The fourth-order valence-corrected chi connectivity index (χ4v) is 2.73. The summed E-state index contributed by atoms with van der Waals surface area (Å²) >= 11 is 0. The van der Waals surface area contributed by atoms with E-state index >= 15 is 0 Å². The number of aromatic nitrogens is 1. The number of aliphatic hydroxyl groups is 2. The number of amides is 1. The average molecular weight is 287 g/mol. The van der Waals surface area contributed by atoms with Crippen LogP contribution >= 0.6 is 0 Å². The first-order chi connectivity index (χ1) is 10.0. The van der Waals surface area contributed by atoms with E-state index in [4.69, 9.17) is 5.73 Å². The molecule has 1 aromatic carbocycles. The zero-order valence-electron chi connectivity index (χ0n) is 11.4. The maximum atomic E-state index is 12.4. The Kier molecular flexibility index (Phi) is 3.27. The van der Waals surface area contributed by atoms with E-state index in [1.807, 2.05) is 24.3 Å². The maximum absolute atomic E-state index is 12.4. The molecule has 0 aliphatic heterocycles. The van der Waals surface area contributed by atoms with Gasteiger partial charge in [-0.3, -0.25) is 4.79 Å². The zero-order chi connectivity index (χ0) is 15.0. The van der Waals surface area contributed by atoms with Gasteiger partial charge in [-0.25, -0.2) is 4.98 Å². The smallest absolute Gasteiger partial charge is 0.255 e. The van der Waals surface area contributed by atoms with Gasteiger partial charge in [-0.05, 0) is 25.0 Å². The van der Waals surface area contributed by atoms with Crippen LogP contribution in [0.4, 0.5) is 5.82 Å². The van der Waals surface area contributed by atoms with Gasteiger partial charge in [0.2, 0.25) is 0 Å². The van der Waals surface area contributed by atoms with Crippen LogP contribution in [0.3, 0.4) is 0 Å². The van der Waals surface area contributed by atoms with E-state index in [9.17, 15) is 15.0 Å². The highest BCUT2D eigenvalue weighted by molar-refractivity contribution is 6.02. The fourth-order valence-electron chi connectivity index (χ4n) is 2.73. The summed E-state index contributed by atoms with van der Waals surface area (Å²) in [6.07, 6.45) is 0.205. The molecular weight excluding hydrogens is 270 g/mol. The number of hydrogen-bond donors (Lipinski definition) is 4. The van der Waals surface area contributed by atoms with Gasteiger partial charge in [0.1, 0.15) is 5.82 Å². The second-order valence-corrected chi connectivity index (χ2v) is 5.57. The molecule has 6 nitrogen and oxygen atoms in total. The monoisotopic (exact) mass is 287 g/mol. The quantitative estimate of drug-likeness (QED) is 0.655. The molecule has 0 saturated heterocycles. The molecule has 0 unspecified atom stereocenters. The number of hydrogen-bond acceptors (Lipinski definition) is 5. The number of pyridine rings is 1. The average Bonchev–Trinajstić information content (AvgIpc) is 2.44. The molecular formula is C15H17N3O3. The highest BCUT2D eigenvalue weighted by Crippen LogP contribution is 2.32. The zero-order valence-corrected chi connectivity index (χ0v) is 11.4. The summed E-state index contributed by atoms with van der Waals surface area (Å²) in [6, 6.07) is 9.08. The highest BCUT2D eigenvalue weighted by atomic mass is 16.3. The molecule has 1 saturated carbocycles. The summed E-state index contributed by atoms with van der Waals surface area (Å²) in [5, 5.41) is 22.4. The number of nitrogen functional groups attached to an aromatic ring is 1. The van der Waals surface area contributed by atoms with Gasteiger partial charge >= 0.3 is 0 Å². The molecule has 0 bridgehead atoms. The van der Waals surface area contributed by atoms with Crippen molar-refractivity contribution in [1.82, 2.24) is 10.3 Å². The lowest BCUT2D eigenvalue weighted by atomic mass is 9.74. The fraction of sp³-hybridized carbons (Fsp3) is 0.333. The molecule has 1 aliphatic rings. The van der Waals surface area contributed by atoms with Crippen molar-refractivity contribution in [2.75, 3.05) is 12.3 Å². The van der Waals surface area contributed by atoms with Gasteiger partial charge < -0.3 is 21.3 Å². The lowest BCUT2D eigenvalue weighted by Crippen LogP contribution is -2.61. The van der Waals surface area contributed by atoms with Gasteiger partial charge in [0.05, 0.1) is 29.3 Å². The van der Waals surface area contributed by atoms with Crippen molar-refractivity contribution in [2.45, 2.75) is 24.5 Å². The van der Waals surface area contributed by atoms with Gasteiger partial charge in [0.25, 0.3) is 5.91 Å². The molecule has 21 heavy (non-hydrogen) atoms. The molecule has 5 N–H and O–H groups in total. The molecule has 2 aromatic rings. The first kappa shape index (κ1) is 13.8. The highest BCUT2D eigenvalue weighted by Gasteiger charge is 2.44. The Morgan fingerprint density at radius 3 is 2.81 bits per heavy atom. The van der Waals surface area contributed by atoms with Crippen molar-refractivity contribution in [2.24, 2.45) is 0 Å². The molecule has 1 amide bonds. The summed E-state index contributed by atoms with van der Waals surface area (Å²) in [4.78, 5) is 16.6. The van der Waals surface area contributed by atoms with E-state index < -0.39 is 11.6 Å². The minimum atomic E-state index is -0.755. The van der Waals surface area contributed by atoms with Gasteiger partial charge in [0.15, 0.2) is 0 Å². The van der Waals surface area contributed by atoms with Crippen LogP contribution < -0.4 is 11.1 Å². The second kappa shape index (κ2) is 4.98. The summed E-state index contributed by atoms with van der Waals surface area (Å²) in [5.41, 5.74) is 6.10. The number of nitrogens with zero attached hydrogens (tertiary/aromatic N) is 1. The third-order valence-corrected chi connectivity index (χ3v) is 3.93. The van der Waals surface area contributed by atoms with Gasteiger partial charge in [0, 0.05) is 5.39 Å². The Bertz CT molecular complexity index is 696. The van der Waals surface area contributed by atoms with Crippen molar-refractivity contribution >= 4 is 22.6 Å². The van der Waals surface area contributed by atoms with Crippen molar-refractivity contribution in [3.8, 4) is 0 Å². The topological polar surface area (TPSA) is 108 Å². The van der Waals surface area contributed by atoms with Gasteiger partial charge in [-0.15, -0.1) is 0 Å². The molecule has 1 aliphatic carbocycles. The first-order valence-corrected chi connectivity index (χ1v) is 6.80. The summed E-state index contributed by atoms with van der Waals surface area (Å²) in [7, 11) is 0. The Balaban J connectivity index is 1.89. The molecule has 0 atom stereocenters. The number of para-hydroxylation sites is 1. The lowest BCUT2D eigenvalue weighted by Gasteiger charge is -2.44. The number of nitrogens with two attached hydrogens (primary N) is 1. The molecule has 1 fully saturated rings. The second-order valence-electron chi connectivity index (χ2n) is 5.57. The molecule has 1 heterocycles. The molecule has 1 aromatic heterocycles. The van der Waals surface area contributed by atoms with Crippen molar-refractivity contribution < 1.29 is 15.0 Å². The first-order valence-electron chi connectivity index (χ1n) is 6.80. The third-order valence-electron chi connectivity index (χ3n) is 3.93. The van der Waals surface area contributed by atoms with Crippen LogP contribution in [-0.4, -0.2) is 39.4 Å². The minimum absolute atomic E-state index is 0.152. The van der Waals surface area contributed by atoms with E-state index in [1.165, 1.54) is 0 Å². The Hall–Kier alpha value is -2.18. The molecule has 6 heteroatoms. The van der Waals surface area contributed by atoms with Crippen molar-refractivity contribution in [3.63, 3.8) is 0 Å². The lowest BCUT2D eigenvalue weighted by molar-refractivity contribution is -0.0242. The molecule has 110 valence electrons. The number of rotatable bonds is 3. The Morgan fingerprint density at radius 2 is 2.14 bits per heavy atom. The number of aliphatic hydroxyl groups excluding tert-OH is 2. The predicted molar refractivity (Wildman–Crippen MR) is 78.7 cm³/mol. The minimum Gasteiger partial charge on any atom is -0.394 e. The number of carbonyl (C=O) groups is 1. The number of nitrogens with one attached hydrogen (secondary N) is 1. The van der Waals surface area contributed by atoms with Crippen LogP contribution in [-0.2, 0) is 0 Å². The number of carbonyl (C=O) groups excluding carboxylic acids is 1. The van der Waals surface area contributed by atoms with Gasteiger partial charge in [-0.2, -0.15) is 0 Å². The SMILES string of the molecule is Nc1nc2ccccc2cc1C(=O)NC1(CO)CC(O)C1. The van der Waals surface area contributed by atoms with E-state index in [-0.39, 0.29) is 23.9 Å². The van der Waals surface area contributed by atoms with Crippen molar-refractivity contribution in [3.05, 3.63) is 35.9 Å². The molecule has 0 spiro atoms.